The molecule has 1 aliphatic rings. The Kier molecular flexibility index (Phi) is 3.20. The van der Waals surface area contributed by atoms with E-state index in [4.69, 9.17) is 5.73 Å². The van der Waals surface area contributed by atoms with Crippen molar-refractivity contribution in [2.45, 2.75) is 44.4 Å². The number of alkyl halides is 2. The van der Waals surface area contributed by atoms with Crippen molar-refractivity contribution in [1.29, 1.82) is 0 Å². The Morgan fingerprint density at radius 2 is 1.91 bits per heavy atom. The number of nitrogens with two attached hydrogens (primary N) is 1. The maximum atomic E-state index is 11.7. The Morgan fingerprint density at radius 1 is 1.27 bits per heavy atom. The summed E-state index contributed by atoms with van der Waals surface area (Å²) in [6, 6.07) is -0.197. The van der Waals surface area contributed by atoms with Crippen molar-refractivity contribution in [1.82, 2.24) is 0 Å². The van der Waals surface area contributed by atoms with Gasteiger partial charge >= 0.3 is 6.61 Å². The standard InChI is InChI=1S/C7H13F2NO/c8-7(9)11-6-4-2-1-3-5(6)10/h5-7H,1-4,10H2/t5-,6+/m1/s1. The summed E-state index contributed by atoms with van der Waals surface area (Å²) in [6.45, 7) is -2.68. The molecule has 0 radical (unpaired) electrons. The molecule has 0 aromatic rings. The molecule has 0 aliphatic heterocycles. The highest BCUT2D eigenvalue weighted by Crippen LogP contribution is 2.21. The Morgan fingerprint density at radius 3 is 2.45 bits per heavy atom. The third-order valence-corrected chi connectivity index (χ3v) is 2.03. The van der Waals surface area contributed by atoms with Gasteiger partial charge in [-0.05, 0) is 12.8 Å². The summed E-state index contributed by atoms with van der Waals surface area (Å²) in [5.74, 6) is 0. The number of ether oxygens (including phenoxy) is 1. The van der Waals surface area contributed by atoms with Crippen LogP contribution in [0.3, 0.4) is 0 Å². The van der Waals surface area contributed by atoms with Crippen LogP contribution in [0.4, 0.5) is 8.78 Å². The van der Waals surface area contributed by atoms with E-state index in [1.807, 2.05) is 0 Å². The molecular formula is C7H13F2NO. The molecule has 2 N–H and O–H groups in total. The normalized spacial score (nSPS) is 32.7. The predicted octanol–water partition coefficient (Wildman–Crippen LogP) is 1.50. The highest BCUT2D eigenvalue weighted by Gasteiger charge is 2.24. The van der Waals surface area contributed by atoms with Crippen LogP contribution in [-0.2, 0) is 4.74 Å². The lowest BCUT2D eigenvalue weighted by atomic mass is 9.93. The van der Waals surface area contributed by atoms with Gasteiger partial charge in [-0.2, -0.15) is 8.78 Å². The molecule has 0 heterocycles. The molecular weight excluding hydrogens is 152 g/mol. The summed E-state index contributed by atoms with van der Waals surface area (Å²) >= 11 is 0. The molecule has 4 heteroatoms. The summed E-state index contributed by atoms with van der Waals surface area (Å²) in [5, 5.41) is 0. The number of hydrogen-bond donors (Lipinski definition) is 1. The van der Waals surface area contributed by atoms with E-state index >= 15 is 0 Å². The highest BCUT2D eigenvalue weighted by atomic mass is 19.3. The van der Waals surface area contributed by atoms with Crippen molar-refractivity contribution in [2.24, 2.45) is 5.73 Å². The van der Waals surface area contributed by atoms with Crippen LogP contribution in [0.15, 0.2) is 0 Å². The lowest BCUT2D eigenvalue weighted by Gasteiger charge is -2.27. The van der Waals surface area contributed by atoms with Crippen molar-refractivity contribution < 1.29 is 13.5 Å². The van der Waals surface area contributed by atoms with Gasteiger partial charge in [-0.1, -0.05) is 12.8 Å². The van der Waals surface area contributed by atoms with E-state index in [0.717, 1.165) is 19.3 Å². The lowest BCUT2D eigenvalue weighted by Crippen LogP contribution is -2.40. The molecule has 1 rings (SSSR count). The molecule has 1 fully saturated rings. The highest BCUT2D eigenvalue weighted by molar-refractivity contribution is 4.78. The van der Waals surface area contributed by atoms with Crippen molar-refractivity contribution >= 4 is 0 Å². The maximum absolute atomic E-state index is 11.7. The van der Waals surface area contributed by atoms with E-state index in [9.17, 15) is 8.78 Å². The smallest absolute Gasteiger partial charge is 0.325 e. The third kappa shape index (κ3) is 2.71. The number of rotatable bonds is 2. The first-order valence-corrected chi connectivity index (χ1v) is 3.89. The second kappa shape index (κ2) is 3.97. The van der Waals surface area contributed by atoms with E-state index in [1.165, 1.54) is 0 Å². The van der Waals surface area contributed by atoms with Crippen LogP contribution in [0.2, 0.25) is 0 Å². The van der Waals surface area contributed by atoms with Gasteiger partial charge in [0.2, 0.25) is 0 Å². The molecule has 11 heavy (non-hydrogen) atoms. The first-order chi connectivity index (χ1) is 5.20. The van der Waals surface area contributed by atoms with Crippen molar-refractivity contribution in [2.75, 3.05) is 0 Å². The van der Waals surface area contributed by atoms with Gasteiger partial charge in [-0.3, -0.25) is 0 Å². The number of hydrogen-bond acceptors (Lipinski definition) is 2. The number of halogens is 2. The lowest BCUT2D eigenvalue weighted by molar-refractivity contribution is -0.173. The van der Waals surface area contributed by atoms with Gasteiger partial charge in [0.05, 0.1) is 6.10 Å². The summed E-state index contributed by atoms with van der Waals surface area (Å²) in [6.07, 6.45) is 3.03. The Labute approximate surface area is 64.7 Å². The minimum absolute atomic E-state index is 0.197. The molecule has 0 amide bonds. The Bertz CT molecular complexity index is 121. The molecule has 1 aliphatic carbocycles. The first-order valence-electron chi connectivity index (χ1n) is 3.89. The summed E-state index contributed by atoms with van der Waals surface area (Å²) in [5.41, 5.74) is 5.57. The van der Waals surface area contributed by atoms with Gasteiger partial charge in [0.25, 0.3) is 0 Å². The zero-order chi connectivity index (χ0) is 8.27. The van der Waals surface area contributed by atoms with Crippen molar-refractivity contribution in [3.8, 4) is 0 Å². The molecule has 0 aromatic carbocycles. The Hall–Kier alpha value is -0.220. The van der Waals surface area contributed by atoms with Gasteiger partial charge in [0, 0.05) is 6.04 Å². The van der Waals surface area contributed by atoms with Crippen LogP contribution < -0.4 is 5.73 Å². The molecule has 2 atom stereocenters. The van der Waals surface area contributed by atoms with Gasteiger partial charge < -0.3 is 10.5 Å². The van der Waals surface area contributed by atoms with Crippen LogP contribution in [0, 0.1) is 0 Å². The maximum Gasteiger partial charge on any atom is 0.345 e. The van der Waals surface area contributed by atoms with E-state index in [2.05, 4.69) is 4.74 Å². The van der Waals surface area contributed by atoms with Crippen molar-refractivity contribution in [3.63, 3.8) is 0 Å². The monoisotopic (exact) mass is 165 g/mol. The summed E-state index contributed by atoms with van der Waals surface area (Å²) in [4.78, 5) is 0. The van der Waals surface area contributed by atoms with Crippen LogP contribution in [0.1, 0.15) is 25.7 Å². The molecule has 2 nitrogen and oxygen atoms in total. The van der Waals surface area contributed by atoms with Crippen LogP contribution in [0.25, 0.3) is 0 Å². The van der Waals surface area contributed by atoms with Gasteiger partial charge in [0.1, 0.15) is 0 Å². The molecule has 0 saturated heterocycles. The SMILES string of the molecule is N[C@@H]1CCCC[C@@H]1OC(F)F. The molecule has 0 unspecified atom stereocenters. The van der Waals surface area contributed by atoms with Crippen LogP contribution in [0.5, 0.6) is 0 Å². The van der Waals surface area contributed by atoms with Gasteiger partial charge in [0.15, 0.2) is 0 Å². The molecule has 66 valence electrons. The predicted molar refractivity (Wildman–Crippen MR) is 37.3 cm³/mol. The summed E-state index contributed by atoms with van der Waals surface area (Å²) < 4.78 is 27.8. The fraction of sp³-hybridized carbons (Fsp3) is 1.00. The van der Waals surface area contributed by atoms with Gasteiger partial charge in [-0.15, -0.1) is 0 Å². The second-order valence-electron chi connectivity index (χ2n) is 2.88. The quantitative estimate of drug-likeness (QED) is 0.672. The summed E-state index contributed by atoms with van der Waals surface area (Å²) in [7, 11) is 0. The Balaban J connectivity index is 2.29. The molecule has 0 bridgehead atoms. The molecule has 0 spiro atoms. The van der Waals surface area contributed by atoms with Crippen LogP contribution >= 0.6 is 0 Å². The molecule has 1 saturated carbocycles. The minimum atomic E-state index is -2.68. The zero-order valence-corrected chi connectivity index (χ0v) is 6.30. The van der Waals surface area contributed by atoms with E-state index in [-0.39, 0.29) is 6.04 Å². The zero-order valence-electron chi connectivity index (χ0n) is 6.30. The average molecular weight is 165 g/mol. The van der Waals surface area contributed by atoms with E-state index in [0.29, 0.717) is 6.42 Å². The van der Waals surface area contributed by atoms with E-state index in [1.54, 1.807) is 0 Å². The van der Waals surface area contributed by atoms with Crippen molar-refractivity contribution in [3.05, 3.63) is 0 Å². The van der Waals surface area contributed by atoms with Crippen LogP contribution in [-0.4, -0.2) is 18.8 Å². The molecule has 0 aromatic heterocycles. The minimum Gasteiger partial charge on any atom is -0.325 e. The second-order valence-corrected chi connectivity index (χ2v) is 2.88. The fourth-order valence-corrected chi connectivity index (χ4v) is 1.43. The largest absolute Gasteiger partial charge is 0.345 e. The first kappa shape index (κ1) is 8.87. The third-order valence-electron chi connectivity index (χ3n) is 2.03. The van der Waals surface area contributed by atoms with Gasteiger partial charge in [-0.25, -0.2) is 0 Å². The average Bonchev–Trinajstić information content (AvgIpc) is 1.93. The topological polar surface area (TPSA) is 35.2 Å². The fourth-order valence-electron chi connectivity index (χ4n) is 1.43. The van der Waals surface area contributed by atoms with E-state index < -0.39 is 12.7 Å².